The number of hydrogen-bond acceptors (Lipinski definition) is 2. The molecule has 0 spiro atoms. The van der Waals surface area contributed by atoms with E-state index < -0.39 is 9.05 Å². The molecule has 2 aromatic carbocycles. The molecule has 0 radical (unpaired) electrons. The number of rotatable bonds is 1. The lowest BCUT2D eigenvalue weighted by Crippen LogP contribution is -1.96. The Morgan fingerprint density at radius 1 is 1.06 bits per heavy atom. The second-order valence-electron chi connectivity index (χ2n) is 4.00. The maximum absolute atomic E-state index is 11.4. The van der Waals surface area contributed by atoms with Crippen molar-refractivity contribution >= 4 is 30.5 Å². The van der Waals surface area contributed by atoms with Crippen molar-refractivity contribution in [2.24, 2.45) is 0 Å². The van der Waals surface area contributed by atoms with Crippen LogP contribution in [0.4, 0.5) is 0 Å². The van der Waals surface area contributed by atoms with Crippen molar-refractivity contribution in [1.29, 1.82) is 0 Å². The minimum Gasteiger partial charge on any atom is -0.207 e. The van der Waals surface area contributed by atoms with Gasteiger partial charge < -0.3 is 0 Å². The van der Waals surface area contributed by atoms with Gasteiger partial charge in [0, 0.05) is 10.7 Å². The Morgan fingerprint density at radius 3 is 2.62 bits per heavy atom. The number of benzene rings is 2. The summed E-state index contributed by atoms with van der Waals surface area (Å²) >= 11 is 0. The third-order valence-electron chi connectivity index (χ3n) is 3.10. The maximum Gasteiger partial charge on any atom is 0.261 e. The summed E-state index contributed by atoms with van der Waals surface area (Å²) in [5, 5.41) is 2.17. The SMILES string of the molecule is O=S(=O)(Cl)c1ccc2cccc3c2c1CC3. The standard InChI is InChI=1S/C12H9ClO2S/c13-16(14,15)11-7-5-9-3-1-2-8-4-6-10(11)12(8)9/h1-3,5,7H,4,6H2. The molecular formula is C12H9ClO2S. The topological polar surface area (TPSA) is 34.1 Å². The summed E-state index contributed by atoms with van der Waals surface area (Å²) in [4.78, 5) is 0.270. The molecule has 0 heterocycles. The van der Waals surface area contributed by atoms with E-state index in [4.69, 9.17) is 10.7 Å². The van der Waals surface area contributed by atoms with E-state index in [1.165, 1.54) is 5.56 Å². The molecule has 3 rings (SSSR count). The summed E-state index contributed by atoms with van der Waals surface area (Å²) < 4.78 is 22.9. The molecule has 4 heteroatoms. The molecule has 1 aliphatic carbocycles. The number of aryl methyl sites for hydroxylation is 2. The van der Waals surface area contributed by atoms with Crippen LogP contribution in [0.1, 0.15) is 11.1 Å². The summed E-state index contributed by atoms with van der Waals surface area (Å²) in [5.74, 6) is 0. The van der Waals surface area contributed by atoms with Gasteiger partial charge >= 0.3 is 0 Å². The second-order valence-corrected chi connectivity index (χ2v) is 6.53. The Hall–Kier alpha value is -1.06. The smallest absolute Gasteiger partial charge is 0.207 e. The lowest BCUT2D eigenvalue weighted by molar-refractivity contribution is 0.609. The van der Waals surface area contributed by atoms with Crippen LogP contribution in [0.3, 0.4) is 0 Å². The van der Waals surface area contributed by atoms with Crippen LogP contribution in [0.15, 0.2) is 35.2 Å². The van der Waals surface area contributed by atoms with Crippen molar-refractivity contribution in [3.63, 3.8) is 0 Å². The van der Waals surface area contributed by atoms with Crippen LogP contribution in [0.2, 0.25) is 0 Å². The lowest BCUT2D eigenvalue weighted by Gasteiger charge is -2.05. The normalized spacial score (nSPS) is 14.6. The highest BCUT2D eigenvalue weighted by Gasteiger charge is 2.22. The minimum atomic E-state index is -3.63. The molecule has 0 amide bonds. The Balaban J connectivity index is 2.49. The largest absolute Gasteiger partial charge is 0.261 e. The van der Waals surface area contributed by atoms with Crippen LogP contribution < -0.4 is 0 Å². The summed E-state index contributed by atoms with van der Waals surface area (Å²) in [6, 6.07) is 9.47. The first-order chi connectivity index (χ1) is 7.57. The molecule has 0 bridgehead atoms. The van der Waals surface area contributed by atoms with Crippen molar-refractivity contribution in [2.75, 3.05) is 0 Å². The molecule has 0 N–H and O–H groups in total. The first-order valence-electron chi connectivity index (χ1n) is 5.05. The van der Waals surface area contributed by atoms with Gasteiger partial charge in [0.05, 0.1) is 4.90 Å². The fourth-order valence-electron chi connectivity index (χ4n) is 2.46. The molecule has 0 fully saturated rings. The highest BCUT2D eigenvalue weighted by molar-refractivity contribution is 8.13. The molecule has 82 valence electrons. The molecular weight excluding hydrogens is 244 g/mol. The van der Waals surface area contributed by atoms with Gasteiger partial charge in [-0.2, -0.15) is 0 Å². The molecule has 0 aliphatic heterocycles. The summed E-state index contributed by atoms with van der Waals surface area (Å²) in [6.45, 7) is 0. The van der Waals surface area contributed by atoms with Gasteiger partial charge in [-0.05, 0) is 40.8 Å². The van der Waals surface area contributed by atoms with Gasteiger partial charge in [0.15, 0.2) is 0 Å². The van der Waals surface area contributed by atoms with E-state index in [2.05, 4.69) is 0 Å². The van der Waals surface area contributed by atoms with E-state index in [1.54, 1.807) is 6.07 Å². The predicted octanol–water partition coefficient (Wildman–Crippen LogP) is 2.87. The minimum absolute atomic E-state index is 0.270. The summed E-state index contributed by atoms with van der Waals surface area (Å²) in [7, 11) is 1.81. The van der Waals surface area contributed by atoms with Crippen LogP contribution in [-0.2, 0) is 21.9 Å². The van der Waals surface area contributed by atoms with Crippen molar-refractivity contribution < 1.29 is 8.42 Å². The van der Waals surface area contributed by atoms with Crippen LogP contribution in [0.25, 0.3) is 10.8 Å². The van der Waals surface area contributed by atoms with Gasteiger partial charge in [0.1, 0.15) is 0 Å². The van der Waals surface area contributed by atoms with Gasteiger partial charge in [-0.15, -0.1) is 0 Å². The van der Waals surface area contributed by atoms with Crippen molar-refractivity contribution in [3.8, 4) is 0 Å². The van der Waals surface area contributed by atoms with Gasteiger partial charge in [-0.3, -0.25) is 0 Å². The first kappa shape index (κ1) is 10.1. The van der Waals surface area contributed by atoms with Crippen LogP contribution in [-0.4, -0.2) is 8.42 Å². The molecule has 0 saturated carbocycles. The highest BCUT2D eigenvalue weighted by Crippen LogP contribution is 2.35. The lowest BCUT2D eigenvalue weighted by atomic mass is 10.1. The third-order valence-corrected chi connectivity index (χ3v) is 4.51. The van der Waals surface area contributed by atoms with E-state index in [1.807, 2.05) is 24.3 Å². The van der Waals surface area contributed by atoms with Gasteiger partial charge in [0.2, 0.25) is 0 Å². The fourth-order valence-corrected chi connectivity index (χ4v) is 3.62. The molecule has 0 aromatic heterocycles. The average molecular weight is 253 g/mol. The maximum atomic E-state index is 11.4. The van der Waals surface area contributed by atoms with Gasteiger partial charge in [0.25, 0.3) is 9.05 Å². The highest BCUT2D eigenvalue weighted by atomic mass is 35.7. The molecule has 0 atom stereocenters. The Kier molecular flexibility index (Phi) is 2.03. The number of halogens is 1. The summed E-state index contributed by atoms with van der Waals surface area (Å²) in [6.07, 6.45) is 1.66. The first-order valence-corrected chi connectivity index (χ1v) is 7.36. The second kappa shape index (κ2) is 3.22. The molecule has 2 nitrogen and oxygen atoms in total. The molecule has 2 aromatic rings. The molecule has 0 saturated heterocycles. The van der Waals surface area contributed by atoms with E-state index in [9.17, 15) is 8.42 Å². The quantitative estimate of drug-likeness (QED) is 0.732. The monoisotopic (exact) mass is 252 g/mol. The molecule has 1 aliphatic rings. The van der Waals surface area contributed by atoms with Gasteiger partial charge in [-0.25, -0.2) is 8.42 Å². The predicted molar refractivity (Wildman–Crippen MR) is 64.4 cm³/mol. The van der Waals surface area contributed by atoms with Gasteiger partial charge in [-0.1, -0.05) is 24.3 Å². The molecule has 16 heavy (non-hydrogen) atoms. The third kappa shape index (κ3) is 1.35. The zero-order chi connectivity index (χ0) is 11.3. The fraction of sp³-hybridized carbons (Fsp3) is 0.167. The zero-order valence-corrected chi connectivity index (χ0v) is 9.98. The number of hydrogen-bond donors (Lipinski definition) is 0. The van der Waals surface area contributed by atoms with E-state index >= 15 is 0 Å². The van der Waals surface area contributed by atoms with Crippen LogP contribution >= 0.6 is 10.7 Å². The Labute approximate surface area is 98.3 Å². The Bertz CT molecular complexity index is 689. The average Bonchev–Trinajstić information content (AvgIpc) is 2.63. The van der Waals surface area contributed by atoms with E-state index in [0.29, 0.717) is 0 Å². The van der Waals surface area contributed by atoms with Crippen molar-refractivity contribution in [2.45, 2.75) is 17.7 Å². The van der Waals surface area contributed by atoms with Crippen LogP contribution in [0, 0.1) is 0 Å². The van der Waals surface area contributed by atoms with E-state index in [0.717, 1.165) is 29.2 Å². The molecule has 0 unspecified atom stereocenters. The van der Waals surface area contributed by atoms with E-state index in [-0.39, 0.29) is 4.90 Å². The van der Waals surface area contributed by atoms with Crippen LogP contribution in [0.5, 0.6) is 0 Å². The van der Waals surface area contributed by atoms with Crippen molar-refractivity contribution in [3.05, 3.63) is 41.5 Å². The Morgan fingerprint density at radius 2 is 1.88 bits per heavy atom. The summed E-state index contributed by atoms with van der Waals surface area (Å²) in [5.41, 5.74) is 2.10. The zero-order valence-electron chi connectivity index (χ0n) is 8.40. The van der Waals surface area contributed by atoms with Crippen molar-refractivity contribution in [1.82, 2.24) is 0 Å².